The molecule has 0 fully saturated rings. The maximum absolute atomic E-state index is 12.7. The van der Waals surface area contributed by atoms with Crippen molar-refractivity contribution in [1.82, 2.24) is 4.98 Å². The number of carbonyl (C=O) groups excluding carboxylic acids is 1. The zero-order valence-electron chi connectivity index (χ0n) is 8.50. The summed E-state index contributed by atoms with van der Waals surface area (Å²) in [4.78, 5) is 14.9. The van der Waals surface area contributed by atoms with Gasteiger partial charge < -0.3 is 4.74 Å². The number of pyridine rings is 1. The summed E-state index contributed by atoms with van der Waals surface area (Å²) in [7, 11) is 0. The minimum Gasteiger partial charge on any atom is -0.449 e. The second kappa shape index (κ2) is 5.95. The second-order valence-electron chi connectivity index (χ2n) is 2.97. The molecule has 0 saturated carbocycles. The Kier molecular flexibility index (Phi) is 4.53. The lowest BCUT2D eigenvalue weighted by atomic mass is 10.4. The highest BCUT2D eigenvalue weighted by atomic mass is 19.1. The Labute approximate surface area is 87.5 Å². The average Bonchev–Trinajstić information content (AvgIpc) is 2.18. The van der Waals surface area contributed by atoms with Crippen LogP contribution < -0.4 is 5.32 Å². The first kappa shape index (κ1) is 11.4. The quantitative estimate of drug-likeness (QED) is 0.780. The fourth-order valence-corrected chi connectivity index (χ4v) is 0.923. The Hall–Kier alpha value is -1.65. The first-order chi connectivity index (χ1) is 7.22. The third-order valence-electron chi connectivity index (χ3n) is 1.68. The molecule has 0 atom stereocenters. The Morgan fingerprint density at radius 2 is 2.47 bits per heavy atom. The van der Waals surface area contributed by atoms with Crippen molar-refractivity contribution in [3.8, 4) is 0 Å². The van der Waals surface area contributed by atoms with E-state index in [1.165, 1.54) is 12.3 Å². The first-order valence-corrected chi connectivity index (χ1v) is 4.77. The maximum atomic E-state index is 12.7. The zero-order valence-corrected chi connectivity index (χ0v) is 8.50. The van der Waals surface area contributed by atoms with Crippen LogP contribution in [-0.4, -0.2) is 17.7 Å². The molecule has 0 spiro atoms. The fourth-order valence-electron chi connectivity index (χ4n) is 0.923. The molecule has 0 unspecified atom stereocenters. The number of carbonyl (C=O) groups is 1. The summed E-state index contributed by atoms with van der Waals surface area (Å²) < 4.78 is 17.5. The first-order valence-electron chi connectivity index (χ1n) is 4.77. The van der Waals surface area contributed by atoms with Crippen molar-refractivity contribution < 1.29 is 13.9 Å². The van der Waals surface area contributed by atoms with Gasteiger partial charge in [0.05, 0.1) is 6.61 Å². The van der Waals surface area contributed by atoms with E-state index in [1.807, 2.05) is 6.92 Å². The van der Waals surface area contributed by atoms with E-state index in [1.54, 1.807) is 0 Å². The molecule has 0 aliphatic carbocycles. The Bertz CT molecular complexity index is 331. The number of aromatic nitrogens is 1. The summed E-state index contributed by atoms with van der Waals surface area (Å²) in [5.41, 5.74) is 0. The molecule has 1 amide bonds. The minimum atomic E-state index is -0.610. The van der Waals surface area contributed by atoms with Crippen molar-refractivity contribution in [3.63, 3.8) is 0 Å². The number of rotatable bonds is 4. The van der Waals surface area contributed by atoms with E-state index in [2.05, 4.69) is 10.3 Å². The predicted octanol–water partition coefficient (Wildman–Crippen LogP) is 2.57. The smallest absolute Gasteiger partial charge is 0.412 e. The molecule has 0 bridgehead atoms. The Morgan fingerprint density at radius 1 is 1.67 bits per heavy atom. The molecule has 0 aliphatic rings. The van der Waals surface area contributed by atoms with Crippen molar-refractivity contribution in [2.24, 2.45) is 0 Å². The number of amides is 1. The molecule has 1 heterocycles. The highest BCUT2D eigenvalue weighted by Gasteiger charge is 2.03. The molecule has 0 aromatic carbocycles. The third kappa shape index (κ3) is 4.39. The molecular weight excluding hydrogens is 199 g/mol. The normalized spacial score (nSPS) is 9.73. The van der Waals surface area contributed by atoms with Crippen LogP contribution in [0.15, 0.2) is 18.3 Å². The van der Waals surface area contributed by atoms with E-state index in [4.69, 9.17) is 4.74 Å². The van der Waals surface area contributed by atoms with E-state index in [9.17, 15) is 9.18 Å². The van der Waals surface area contributed by atoms with Gasteiger partial charge in [-0.3, -0.25) is 5.32 Å². The Morgan fingerprint density at radius 3 is 3.13 bits per heavy atom. The highest BCUT2D eigenvalue weighted by Crippen LogP contribution is 2.05. The van der Waals surface area contributed by atoms with Crippen LogP contribution in [0.25, 0.3) is 0 Å². The maximum Gasteiger partial charge on any atom is 0.412 e. The molecule has 5 heteroatoms. The van der Waals surface area contributed by atoms with E-state index < -0.39 is 11.9 Å². The van der Waals surface area contributed by atoms with Crippen molar-refractivity contribution in [2.75, 3.05) is 11.9 Å². The van der Waals surface area contributed by atoms with Crippen molar-refractivity contribution in [1.29, 1.82) is 0 Å². The van der Waals surface area contributed by atoms with Gasteiger partial charge in [0.2, 0.25) is 0 Å². The van der Waals surface area contributed by atoms with Crippen LogP contribution in [-0.2, 0) is 4.74 Å². The topological polar surface area (TPSA) is 51.2 Å². The molecule has 0 radical (unpaired) electrons. The molecule has 0 saturated heterocycles. The molecule has 0 aliphatic heterocycles. The van der Waals surface area contributed by atoms with E-state index in [0.29, 0.717) is 6.61 Å². The average molecular weight is 212 g/mol. The summed E-state index contributed by atoms with van der Waals surface area (Å²) in [6.07, 6.45) is 2.42. The molecule has 1 N–H and O–H groups in total. The van der Waals surface area contributed by atoms with Gasteiger partial charge in [-0.1, -0.05) is 13.3 Å². The van der Waals surface area contributed by atoms with Gasteiger partial charge >= 0.3 is 6.09 Å². The number of unbranched alkanes of at least 4 members (excludes halogenated alkanes) is 1. The van der Waals surface area contributed by atoms with Crippen LogP contribution in [0.3, 0.4) is 0 Å². The largest absolute Gasteiger partial charge is 0.449 e. The number of ether oxygens (including phenoxy) is 1. The SMILES string of the molecule is CCCCOC(=O)Nc1cc(F)ccn1. The van der Waals surface area contributed by atoms with Crippen LogP contribution >= 0.6 is 0 Å². The fraction of sp³-hybridized carbons (Fsp3) is 0.400. The second-order valence-corrected chi connectivity index (χ2v) is 2.97. The molecule has 1 aromatic rings. The van der Waals surface area contributed by atoms with Crippen molar-refractivity contribution in [3.05, 3.63) is 24.1 Å². The standard InChI is InChI=1S/C10H13FN2O2/c1-2-3-6-15-10(14)13-9-7-8(11)4-5-12-9/h4-5,7H,2-3,6H2,1H3,(H,12,13,14). The van der Waals surface area contributed by atoms with Crippen LogP contribution in [0.5, 0.6) is 0 Å². The lowest BCUT2D eigenvalue weighted by Gasteiger charge is -2.05. The summed E-state index contributed by atoms with van der Waals surface area (Å²) in [5, 5.41) is 2.33. The van der Waals surface area contributed by atoms with Crippen LogP contribution in [0.1, 0.15) is 19.8 Å². The number of hydrogen-bond acceptors (Lipinski definition) is 3. The van der Waals surface area contributed by atoms with Gasteiger partial charge in [0.1, 0.15) is 11.6 Å². The predicted molar refractivity (Wildman–Crippen MR) is 54.1 cm³/mol. The van der Waals surface area contributed by atoms with Crippen molar-refractivity contribution in [2.45, 2.75) is 19.8 Å². The van der Waals surface area contributed by atoms with Crippen LogP contribution in [0, 0.1) is 5.82 Å². The number of halogens is 1. The highest BCUT2D eigenvalue weighted by molar-refractivity contribution is 5.83. The monoisotopic (exact) mass is 212 g/mol. The van der Waals surface area contributed by atoms with E-state index >= 15 is 0 Å². The minimum absolute atomic E-state index is 0.150. The van der Waals surface area contributed by atoms with Gasteiger partial charge in [0.25, 0.3) is 0 Å². The van der Waals surface area contributed by atoms with Crippen molar-refractivity contribution >= 4 is 11.9 Å². The molecule has 15 heavy (non-hydrogen) atoms. The van der Waals surface area contributed by atoms with Gasteiger partial charge in [0, 0.05) is 12.3 Å². The van der Waals surface area contributed by atoms with Gasteiger partial charge in [0.15, 0.2) is 0 Å². The summed E-state index contributed by atoms with van der Waals surface area (Å²) in [6.45, 7) is 2.35. The van der Waals surface area contributed by atoms with Gasteiger partial charge in [-0.15, -0.1) is 0 Å². The third-order valence-corrected chi connectivity index (χ3v) is 1.68. The zero-order chi connectivity index (χ0) is 11.1. The molecule has 82 valence electrons. The van der Waals surface area contributed by atoms with Gasteiger partial charge in [-0.25, -0.2) is 14.2 Å². The summed E-state index contributed by atoms with van der Waals surface area (Å²) >= 11 is 0. The summed E-state index contributed by atoms with van der Waals surface area (Å²) in [6, 6.07) is 2.33. The Balaban J connectivity index is 2.37. The van der Waals surface area contributed by atoms with Crippen LogP contribution in [0.2, 0.25) is 0 Å². The van der Waals surface area contributed by atoms with Gasteiger partial charge in [-0.05, 0) is 12.5 Å². The number of anilines is 1. The van der Waals surface area contributed by atoms with E-state index in [-0.39, 0.29) is 5.82 Å². The summed E-state index contributed by atoms with van der Waals surface area (Å²) in [5.74, 6) is -0.301. The number of hydrogen-bond donors (Lipinski definition) is 1. The molecule has 1 aromatic heterocycles. The van der Waals surface area contributed by atoms with Crippen LogP contribution in [0.4, 0.5) is 15.0 Å². The number of nitrogens with one attached hydrogen (secondary N) is 1. The van der Waals surface area contributed by atoms with E-state index in [0.717, 1.165) is 18.9 Å². The lowest BCUT2D eigenvalue weighted by molar-refractivity contribution is 0.160. The molecular formula is C10H13FN2O2. The lowest BCUT2D eigenvalue weighted by Crippen LogP contribution is -2.15. The molecule has 1 rings (SSSR count). The number of nitrogens with zero attached hydrogens (tertiary/aromatic N) is 1. The molecule has 4 nitrogen and oxygen atoms in total. The van der Waals surface area contributed by atoms with Gasteiger partial charge in [-0.2, -0.15) is 0 Å².